The number of nitrogens with two attached hydrogens (primary N) is 1. The van der Waals surface area contributed by atoms with Crippen LogP contribution in [0.1, 0.15) is 24.0 Å². The Balaban J connectivity index is 1.35. The SMILES string of the molecule is Cc1cc(Nc2ncnc3ccc(C=NN=C(N)N4CCCC4)cc23)ccc1Oc1ccccc1. The number of ether oxygens (including phenoxy) is 1. The van der Waals surface area contributed by atoms with Crippen molar-refractivity contribution >= 4 is 34.6 Å². The molecule has 1 fully saturated rings. The number of nitrogens with one attached hydrogen (secondary N) is 1. The predicted molar refractivity (Wildman–Crippen MR) is 141 cm³/mol. The van der Waals surface area contributed by atoms with Gasteiger partial charge in [0.1, 0.15) is 23.6 Å². The van der Waals surface area contributed by atoms with E-state index in [9.17, 15) is 0 Å². The number of para-hydroxylation sites is 1. The van der Waals surface area contributed by atoms with Crippen LogP contribution in [0.4, 0.5) is 11.5 Å². The normalized spacial score (nSPS) is 14.1. The van der Waals surface area contributed by atoms with Crippen molar-refractivity contribution in [2.24, 2.45) is 15.9 Å². The minimum absolute atomic E-state index is 0.459. The van der Waals surface area contributed by atoms with Crippen LogP contribution in [0.25, 0.3) is 10.9 Å². The van der Waals surface area contributed by atoms with E-state index in [0.29, 0.717) is 11.8 Å². The van der Waals surface area contributed by atoms with Crippen LogP contribution in [-0.4, -0.2) is 40.1 Å². The van der Waals surface area contributed by atoms with Crippen molar-refractivity contribution in [2.75, 3.05) is 18.4 Å². The van der Waals surface area contributed by atoms with E-state index in [1.165, 1.54) is 0 Å². The molecule has 35 heavy (non-hydrogen) atoms. The van der Waals surface area contributed by atoms with E-state index in [2.05, 4.69) is 25.5 Å². The molecule has 3 aromatic carbocycles. The van der Waals surface area contributed by atoms with Gasteiger partial charge in [0.2, 0.25) is 5.96 Å². The summed E-state index contributed by atoms with van der Waals surface area (Å²) in [5.41, 5.74) is 9.67. The molecule has 0 unspecified atom stereocenters. The van der Waals surface area contributed by atoms with Crippen molar-refractivity contribution in [2.45, 2.75) is 19.8 Å². The highest BCUT2D eigenvalue weighted by Crippen LogP contribution is 2.29. The summed E-state index contributed by atoms with van der Waals surface area (Å²) in [4.78, 5) is 10.9. The first-order valence-electron chi connectivity index (χ1n) is 11.6. The number of nitrogens with zero attached hydrogens (tertiary/aromatic N) is 5. The summed E-state index contributed by atoms with van der Waals surface area (Å²) >= 11 is 0. The number of benzene rings is 3. The van der Waals surface area contributed by atoms with E-state index in [4.69, 9.17) is 10.5 Å². The zero-order valence-electron chi connectivity index (χ0n) is 19.6. The maximum atomic E-state index is 6.03. The zero-order valence-corrected chi connectivity index (χ0v) is 19.6. The van der Waals surface area contributed by atoms with Gasteiger partial charge in [-0.25, -0.2) is 9.97 Å². The minimum Gasteiger partial charge on any atom is -0.457 e. The number of aryl methyl sites for hydroxylation is 1. The van der Waals surface area contributed by atoms with Crippen LogP contribution in [0.3, 0.4) is 0 Å². The third-order valence-electron chi connectivity index (χ3n) is 5.87. The summed E-state index contributed by atoms with van der Waals surface area (Å²) in [5, 5.41) is 12.6. The molecule has 0 atom stereocenters. The fourth-order valence-electron chi connectivity index (χ4n) is 4.01. The van der Waals surface area contributed by atoms with Gasteiger partial charge in [-0.2, -0.15) is 5.10 Å². The van der Waals surface area contributed by atoms with Gasteiger partial charge in [-0.3, -0.25) is 0 Å². The van der Waals surface area contributed by atoms with Gasteiger partial charge >= 0.3 is 0 Å². The van der Waals surface area contributed by atoms with Crippen LogP contribution in [0.15, 0.2) is 83.3 Å². The second kappa shape index (κ2) is 10.2. The number of guanidine groups is 1. The molecule has 0 amide bonds. The molecule has 4 aromatic rings. The van der Waals surface area contributed by atoms with Gasteiger partial charge in [0.05, 0.1) is 11.7 Å². The standard InChI is InChI=1S/C27H27N7O/c1-19-15-21(10-12-25(19)35-22-7-3-2-4-8-22)32-26-23-16-20(9-11-24(23)29-18-30-26)17-31-33-27(28)34-13-5-6-14-34/h2-4,7-12,15-18H,5-6,13-14H2,1H3,(H2,28,33)(H,29,30,32). The Labute approximate surface area is 204 Å². The molecule has 1 aliphatic rings. The first-order valence-corrected chi connectivity index (χ1v) is 11.6. The van der Waals surface area contributed by atoms with E-state index in [1.807, 2.05) is 78.6 Å². The Hall–Kier alpha value is -4.46. The van der Waals surface area contributed by atoms with Crippen molar-refractivity contribution in [3.05, 3.63) is 84.2 Å². The van der Waals surface area contributed by atoms with Crippen molar-refractivity contribution in [1.82, 2.24) is 14.9 Å². The van der Waals surface area contributed by atoms with Crippen molar-refractivity contribution in [3.8, 4) is 11.5 Å². The lowest BCUT2D eigenvalue weighted by atomic mass is 10.1. The van der Waals surface area contributed by atoms with E-state index < -0.39 is 0 Å². The highest BCUT2D eigenvalue weighted by atomic mass is 16.5. The van der Waals surface area contributed by atoms with E-state index in [-0.39, 0.29) is 0 Å². The Morgan fingerprint density at radius 3 is 2.66 bits per heavy atom. The molecular weight excluding hydrogens is 438 g/mol. The van der Waals surface area contributed by atoms with Gasteiger partial charge in [-0.05, 0) is 73.4 Å². The Morgan fingerprint density at radius 1 is 1.03 bits per heavy atom. The van der Waals surface area contributed by atoms with Crippen molar-refractivity contribution in [1.29, 1.82) is 0 Å². The first kappa shape index (κ1) is 22.3. The molecule has 3 N–H and O–H groups in total. The third-order valence-corrected chi connectivity index (χ3v) is 5.87. The molecule has 176 valence electrons. The van der Waals surface area contributed by atoms with Gasteiger partial charge in [0.15, 0.2) is 0 Å². The van der Waals surface area contributed by atoms with Crippen LogP contribution in [0.2, 0.25) is 0 Å². The quantitative estimate of drug-likeness (QED) is 0.230. The van der Waals surface area contributed by atoms with Gasteiger partial charge in [-0.1, -0.05) is 24.3 Å². The number of anilines is 2. The van der Waals surface area contributed by atoms with Gasteiger partial charge in [-0.15, -0.1) is 5.10 Å². The van der Waals surface area contributed by atoms with Gasteiger partial charge in [0.25, 0.3) is 0 Å². The van der Waals surface area contributed by atoms with Crippen molar-refractivity contribution in [3.63, 3.8) is 0 Å². The van der Waals surface area contributed by atoms with Crippen LogP contribution < -0.4 is 15.8 Å². The molecule has 1 saturated heterocycles. The molecule has 0 aliphatic carbocycles. The third kappa shape index (κ3) is 5.38. The molecular formula is C27H27N7O. The minimum atomic E-state index is 0.459. The molecule has 0 spiro atoms. The summed E-state index contributed by atoms with van der Waals surface area (Å²) in [6.45, 7) is 3.89. The first-order chi connectivity index (χ1) is 17.2. The van der Waals surface area contributed by atoms with E-state index in [0.717, 1.165) is 65.1 Å². The second-order valence-corrected chi connectivity index (χ2v) is 8.42. The largest absolute Gasteiger partial charge is 0.457 e. The summed E-state index contributed by atoms with van der Waals surface area (Å²) < 4.78 is 6.00. The monoisotopic (exact) mass is 465 g/mol. The van der Waals surface area contributed by atoms with Crippen LogP contribution in [0, 0.1) is 6.92 Å². The van der Waals surface area contributed by atoms with Gasteiger partial charge < -0.3 is 20.7 Å². The van der Waals surface area contributed by atoms with E-state index >= 15 is 0 Å². The maximum Gasteiger partial charge on any atom is 0.216 e. The fourth-order valence-corrected chi connectivity index (χ4v) is 4.01. The molecule has 1 aromatic heterocycles. The average molecular weight is 466 g/mol. The summed E-state index contributed by atoms with van der Waals surface area (Å²) in [5.74, 6) is 2.78. The van der Waals surface area contributed by atoms with Crippen LogP contribution in [-0.2, 0) is 0 Å². The number of rotatable bonds is 6. The smallest absolute Gasteiger partial charge is 0.216 e. The number of hydrogen-bond donors (Lipinski definition) is 2. The number of fused-ring (bicyclic) bond motifs is 1. The zero-order chi connectivity index (χ0) is 24.0. The van der Waals surface area contributed by atoms with Crippen LogP contribution >= 0.6 is 0 Å². The number of likely N-dealkylation sites (tertiary alicyclic amines) is 1. The molecule has 8 nitrogen and oxygen atoms in total. The maximum absolute atomic E-state index is 6.03. The Kier molecular flexibility index (Phi) is 6.52. The Morgan fingerprint density at radius 2 is 1.86 bits per heavy atom. The average Bonchev–Trinajstić information content (AvgIpc) is 3.42. The molecule has 1 aliphatic heterocycles. The second-order valence-electron chi connectivity index (χ2n) is 8.42. The predicted octanol–water partition coefficient (Wildman–Crippen LogP) is 5.22. The summed E-state index contributed by atoms with van der Waals surface area (Å²) in [6, 6.07) is 21.6. The molecule has 8 heteroatoms. The Bertz CT molecular complexity index is 1380. The van der Waals surface area contributed by atoms with E-state index in [1.54, 1.807) is 12.5 Å². The lowest BCUT2D eigenvalue weighted by Crippen LogP contribution is -2.34. The van der Waals surface area contributed by atoms with Gasteiger partial charge in [0, 0.05) is 24.2 Å². The lowest BCUT2D eigenvalue weighted by molar-refractivity contribution is 0.479. The molecule has 5 rings (SSSR count). The highest BCUT2D eigenvalue weighted by molar-refractivity contribution is 5.95. The topological polar surface area (TPSA) is 101 Å². The molecule has 2 heterocycles. The molecule has 0 bridgehead atoms. The van der Waals surface area contributed by atoms with Crippen molar-refractivity contribution < 1.29 is 4.74 Å². The highest BCUT2D eigenvalue weighted by Gasteiger charge is 2.13. The van der Waals surface area contributed by atoms with Crippen LogP contribution in [0.5, 0.6) is 11.5 Å². The fraction of sp³-hybridized carbons (Fsp3) is 0.185. The lowest BCUT2D eigenvalue weighted by Gasteiger charge is -2.13. The summed E-state index contributed by atoms with van der Waals surface area (Å²) in [7, 11) is 0. The molecule has 0 radical (unpaired) electrons. The summed E-state index contributed by atoms with van der Waals surface area (Å²) in [6.07, 6.45) is 5.53. The number of hydrogen-bond acceptors (Lipinski definition) is 6. The molecule has 0 saturated carbocycles. The number of aromatic nitrogens is 2.